The third-order valence-electron chi connectivity index (χ3n) is 4.34. The van der Waals surface area contributed by atoms with Crippen LogP contribution in [-0.4, -0.2) is 41.5 Å². The van der Waals surface area contributed by atoms with E-state index in [0.29, 0.717) is 0 Å². The Morgan fingerprint density at radius 3 is 2.41 bits per heavy atom. The highest BCUT2D eigenvalue weighted by Gasteiger charge is 2.53. The van der Waals surface area contributed by atoms with E-state index >= 15 is 0 Å². The van der Waals surface area contributed by atoms with Gasteiger partial charge in [0.1, 0.15) is 5.54 Å². The van der Waals surface area contributed by atoms with Crippen molar-refractivity contribution in [3.05, 3.63) is 0 Å². The van der Waals surface area contributed by atoms with Crippen molar-refractivity contribution < 1.29 is 9.59 Å². The molecule has 0 aromatic heterocycles. The molecule has 1 aliphatic carbocycles. The van der Waals surface area contributed by atoms with E-state index < -0.39 is 5.54 Å². The van der Waals surface area contributed by atoms with Crippen molar-refractivity contribution >= 4 is 11.9 Å². The highest BCUT2D eigenvalue weighted by atomic mass is 16.2. The molecule has 3 rings (SSSR count). The third kappa shape index (κ3) is 1.64. The monoisotopic (exact) mass is 237 g/mol. The van der Waals surface area contributed by atoms with Crippen molar-refractivity contribution in [2.24, 2.45) is 0 Å². The van der Waals surface area contributed by atoms with Crippen LogP contribution in [0, 0.1) is 0 Å². The van der Waals surface area contributed by atoms with Gasteiger partial charge in [-0.25, -0.2) is 4.79 Å². The Balaban J connectivity index is 1.82. The Kier molecular flexibility index (Phi) is 2.58. The fourth-order valence-electron chi connectivity index (χ4n) is 3.33. The summed E-state index contributed by atoms with van der Waals surface area (Å²) in [5.41, 5.74) is -0.592. The van der Waals surface area contributed by atoms with E-state index in [-0.39, 0.29) is 18.0 Å². The highest BCUT2D eigenvalue weighted by Crippen LogP contribution is 2.32. The molecule has 94 valence electrons. The Bertz CT molecular complexity index is 344. The van der Waals surface area contributed by atoms with Gasteiger partial charge in [-0.05, 0) is 38.8 Å². The van der Waals surface area contributed by atoms with Crippen LogP contribution >= 0.6 is 0 Å². The summed E-state index contributed by atoms with van der Waals surface area (Å²) < 4.78 is 0. The van der Waals surface area contributed by atoms with Gasteiger partial charge in [-0.3, -0.25) is 9.69 Å². The normalized spacial score (nSPS) is 29.1. The fraction of sp³-hybridized carbons (Fsp3) is 0.833. The molecule has 1 spiro atoms. The first-order valence-electron chi connectivity index (χ1n) is 6.59. The number of rotatable bonds is 1. The molecule has 0 aromatic carbocycles. The molecule has 5 nitrogen and oxygen atoms in total. The second-order valence-electron chi connectivity index (χ2n) is 5.38. The number of nitrogens with one attached hydrogen (secondary N) is 2. The van der Waals surface area contributed by atoms with Gasteiger partial charge in [0.05, 0.1) is 0 Å². The molecular formula is C12H19N3O2. The largest absolute Gasteiger partial charge is 0.325 e. The van der Waals surface area contributed by atoms with Crippen LogP contribution in [0.15, 0.2) is 0 Å². The molecule has 0 atom stereocenters. The van der Waals surface area contributed by atoms with Gasteiger partial charge in [0.2, 0.25) is 0 Å². The van der Waals surface area contributed by atoms with Gasteiger partial charge in [0, 0.05) is 6.04 Å². The van der Waals surface area contributed by atoms with Crippen LogP contribution in [0.2, 0.25) is 0 Å². The Labute approximate surface area is 101 Å². The van der Waals surface area contributed by atoms with Crippen molar-refractivity contribution in [3.63, 3.8) is 0 Å². The van der Waals surface area contributed by atoms with Crippen LogP contribution < -0.4 is 10.6 Å². The lowest BCUT2D eigenvalue weighted by Crippen LogP contribution is -2.54. The molecule has 0 radical (unpaired) electrons. The third-order valence-corrected chi connectivity index (χ3v) is 4.34. The number of carbonyl (C=O) groups is 2. The lowest BCUT2D eigenvalue weighted by Gasteiger charge is -2.31. The molecule has 2 N–H and O–H groups in total. The summed E-state index contributed by atoms with van der Waals surface area (Å²) in [6.07, 6.45) is 5.68. The molecule has 0 aromatic rings. The van der Waals surface area contributed by atoms with Crippen molar-refractivity contribution in [2.45, 2.75) is 50.1 Å². The van der Waals surface area contributed by atoms with E-state index in [1.165, 1.54) is 4.90 Å². The van der Waals surface area contributed by atoms with Crippen LogP contribution in [0.4, 0.5) is 4.79 Å². The minimum absolute atomic E-state index is 0.0240. The van der Waals surface area contributed by atoms with E-state index in [2.05, 4.69) is 10.6 Å². The van der Waals surface area contributed by atoms with Crippen LogP contribution in [-0.2, 0) is 4.79 Å². The van der Waals surface area contributed by atoms with Crippen molar-refractivity contribution in [2.75, 3.05) is 13.1 Å². The number of nitrogens with zero attached hydrogens (tertiary/aromatic N) is 1. The first-order chi connectivity index (χ1) is 8.23. The standard InChI is InChI=1S/C12H19N3O2/c16-10-12(5-7-13-8-6-12)14-11(17)15(10)9-3-1-2-4-9/h9,13H,1-8H2,(H,14,17). The molecule has 0 bridgehead atoms. The molecule has 3 fully saturated rings. The molecule has 2 saturated heterocycles. The smallest absolute Gasteiger partial charge is 0.323 e. The summed E-state index contributed by atoms with van der Waals surface area (Å²) in [5.74, 6) is 0.0240. The van der Waals surface area contributed by atoms with E-state index in [4.69, 9.17) is 0 Å². The predicted octanol–water partition coefficient (Wildman–Crippen LogP) is 0.603. The van der Waals surface area contributed by atoms with Gasteiger partial charge >= 0.3 is 6.03 Å². The second kappa shape index (κ2) is 3.98. The van der Waals surface area contributed by atoms with Gasteiger partial charge in [-0.15, -0.1) is 0 Å². The van der Waals surface area contributed by atoms with Crippen LogP contribution in [0.25, 0.3) is 0 Å². The zero-order valence-electron chi connectivity index (χ0n) is 10.00. The second-order valence-corrected chi connectivity index (χ2v) is 5.38. The topological polar surface area (TPSA) is 61.4 Å². The van der Waals surface area contributed by atoms with E-state index in [9.17, 15) is 9.59 Å². The van der Waals surface area contributed by atoms with E-state index in [1.807, 2.05) is 0 Å². The maximum Gasteiger partial charge on any atom is 0.325 e. The van der Waals surface area contributed by atoms with Crippen molar-refractivity contribution in [1.29, 1.82) is 0 Å². The number of piperidine rings is 1. The van der Waals surface area contributed by atoms with Gasteiger partial charge in [-0.1, -0.05) is 12.8 Å². The van der Waals surface area contributed by atoms with Crippen LogP contribution in [0.1, 0.15) is 38.5 Å². The van der Waals surface area contributed by atoms with Gasteiger partial charge in [-0.2, -0.15) is 0 Å². The summed E-state index contributed by atoms with van der Waals surface area (Å²) in [7, 11) is 0. The average molecular weight is 237 g/mol. The Hall–Kier alpha value is -1.10. The molecule has 1 saturated carbocycles. The Morgan fingerprint density at radius 2 is 1.76 bits per heavy atom. The van der Waals surface area contributed by atoms with Crippen molar-refractivity contribution in [3.8, 4) is 0 Å². The van der Waals surface area contributed by atoms with Gasteiger partial charge in [0.15, 0.2) is 0 Å². The molecule has 17 heavy (non-hydrogen) atoms. The molecule has 0 unspecified atom stereocenters. The van der Waals surface area contributed by atoms with E-state index in [1.54, 1.807) is 0 Å². The van der Waals surface area contributed by atoms with Crippen molar-refractivity contribution in [1.82, 2.24) is 15.5 Å². The molecule has 2 heterocycles. The van der Waals surface area contributed by atoms with E-state index in [0.717, 1.165) is 51.6 Å². The number of hydrogen-bond donors (Lipinski definition) is 2. The lowest BCUT2D eigenvalue weighted by molar-refractivity contribution is -0.133. The quantitative estimate of drug-likeness (QED) is 0.657. The minimum Gasteiger partial charge on any atom is -0.323 e. The molecule has 3 aliphatic rings. The highest BCUT2D eigenvalue weighted by molar-refractivity contribution is 6.07. The molecule has 3 amide bonds. The summed E-state index contributed by atoms with van der Waals surface area (Å²) in [6, 6.07) is -0.0134. The average Bonchev–Trinajstić information content (AvgIpc) is 2.90. The number of urea groups is 1. The summed E-state index contributed by atoms with van der Waals surface area (Å²) in [4.78, 5) is 26.0. The first kappa shape index (κ1) is 11.0. The number of imide groups is 1. The molecule has 2 aliphatic heterocycles. The SMILES string of the molecule is O=C1NC2(CCNCC2)C(=O)N1C1CCCC1. The zero-order chi connectivity index (χ0) is 11.9. The summed E-state index contributed by atoms with van der Waals surface area (Å²) in [6.45, 7) is 1.62. The number of carbonyl (C=O) groups excluding carboxylic acids is 2. The number of hydrogen-bond acceptors (Lipinski definition) is 3. The minimum atomic E-state index is -0.592. The summed E-state index contributed by atoms with van der Waals surface area (Å²) >= 11 is 0. The fourth-order valence-corrected chi connectivity index (χ4v) is 3.33. The van der Waals surface area contributed by atoms with Gasteiger partial charge in [0.25, 0.3) is 5.91 Å². The summed E-state index contributed by atoms with van der Waals surface area (Å²) in [5, 5.41) is 6.18. The maximum atomic E-state index is 12.5. The molecule has 5 heteroatoms. The predicted molar refractivity (Wildman–Crippen MR) is 62.5 cm³/mol. The first-order valence-corrected chi connectivity index (χ1v) is 6.59. The van der Waals surface area contributed by atoms with Crippen LogP contribution in [0.5, 0.6) is 0 Å². The molecular weight excluding hydrogens is 218 g/mol. The zero-order valence-corrected chi connectivity index (χ0v) is 10.00. The van der Waals surface area contributed by atoms with Crippen LogP contribution in [0.3, 0.4) is 0 Å². The lowest BCUT2D eigenvalue weighted by atomic mass is 9.88. The van der Waals surface area contributed by atoms with Gasteiger partial charge < -0.3 is 10.6 Å². The Morgan fingerprint density at radius 1 is 1.12 bits per heavy atom. The maximum absolute atomic E-state index is 12.5. The number of amides is 3.